The number of carbonyl (C=O) groups is 2. The predicted octanol–water partition coefficient (Wildman–Crippen LogP) is 3.19. The van der Waals surface area contributed by atoms with Gasteiger partial charge in [-0.2, -0.15) is 0 Å². The monoisotopic (exact) mass is 347 g/mol. The smallest absolute Gasteiger partial charge is 0.255 e. The van der Waals surface area contributed by atoms with Crippen LogP contribution in [0.15, 0.2) is 54.7 Å². The number of amides is 2. The molecule has 4 rings (SSSR count). The molecule has 2 amide bonds. The average Bonchev–Trinajstić information content (AvgIpc) is 3.19. The third-order valence-electron chi connectivity index (χ3n) is 5.04. The number of fused-ring (bicyclic) bond motifs is 2. The van der Waals surface area contributed by atoms with Gasteiger partial charge in [-0.3, -0.25) is 9.59 Å². The van der Waals surface area contributed by atoms with Gasteiger partial charge in [-0.15, -0.1) is 0 Å². The molecule has 2 aromatic carbocycles. The van der Waals surface area contributed by atoms with E-state index in [0.717, 1.165) is 27.6 Å². The number of hydrogen-bond acceptors (Lipinski definition) is 2. The van der Waals surface area contributed by atoms with Gasteiger partial charge in [0, 0.05) is 55.3 Å². The maximum atomic E-state index is 13.0. The molecule has 3 aromatic rings. The Bertz CT molecular complexity index is 990. The summed E-state index contributed by atoms with van der Waals surface area (Å²) in [5, 5.41) is 1.10. The van der Waals surface area contributed by atoms with Gasteiger partial charge in [0.05, 0.1) is 6.04 Å². The van der Waals surface area contributed by atoms with E-state index in [1.54, 1.807) is 19.0 Å². The van der Waals surface area contributed by atoms with Crippen LogP contribution in [0.2, 0.25) is 0 Å². The molecule has 26 heavy (non-hydrogen) atoms. The van der Waals surface area contributed by atoms with Crippen molar-refractivity contribution in [3.05, 3.63) is 71.4 Å². The quantitative estimate of drug-likeness (QED) is 0.788. The van der Waals surface area contributed by atoms with E-state index < -0.39 is 0 Å². The van der Waals surface area contributed by atoms with Gasteiger partial charge < -0.3 is 14.8 Å². The highest BCUT2D eigenvalue weighted by molar-refractivity contribution is 6.01. The standard InChI is InChI=1S/C21H21N3O2/c1-23(2)19(25)11-12-24-20(15-8-3-4-9-16(15)21(24)26)17-13-22-18-10-6-5-7-14(17)18/h3-10,13,20,22H,11-12H2,1-2H3/t20-/m0/s1. The third kappa shape index (κ3) is 2.56. The molecule has 1 N–H and O–H groups in total. The van der Waals surface area contributed by atoms with E-state index in [4.69, 9.17) is 0 Å². The molecule has 0 saturated carbocycles. The molecule has 0 unspecified atom stereocenters. The number of carbonyl (C=O) groups excluding carboxylic acids is 2. The van der Waals surface area contributed by atoms with Gasteiger partial charge in [-0.1, -0.05) is 36.4 Å². The summed E-state index contributed by atoms with van der Waals surface area (Å²) in [7, 11) is 3.47. The van der Waals surface area contributed by atoms with Crippen molar-refractivity contribution < 1.29 is 9.59 Å². The maximum absolute atomic E-state index is 13.0. The minimum Gasteiger partial charge on any atom is -0.361 e. The Morgan fingerprint density at radius 2 is 1.81 bits per heavy atom. The van der Waals surface area contributed by atoms with Crippen molar-refractivity contribution in [2.75, 3.05) is 20.6 Å². The van der Waals surface area contributed by atoms with Crippen LogP contribution in [0.25, 0.3) is 10.9 Å². The Labute approximate surface area is 152 Å². The number of nitrogens with zero attached hydrogens (tertiary/aromatic N) is 2. The molecular formula is C21H21N3O2. The predicted molar refractivity (Wildman–Crippen MR) is 101 cm³/mol. The zero-order valence-corrected chi connectivity index (χ0v) is 14.9. The van der Waals surface area contributed by atoms with Crippen LogP contribution < -0.4 is 0 Å². The van der Waals surface area contributed by atoms with Gasteiger partial charge in [0.2, 0.25) is 5.91 Å². The Morgan fingerprint density at radius 1 is 1.08 bits per heavy atom. The molecule has 1 aliphatic heterocycles. The lowest BCUT2D eigenvalue weighted by atomic mass is 9.97. The van der Waals surface area contributed by atoms with Gasteiger partial charge in [-0.05, 0) is 17.7 Å². The molecule has 1 atom stereocenters. The lowest BCUT2D eigenvalue weighted by molar-refractivity contribution is -0.128. The van der Waals surface area contributed by atoms with E-state index in [-0.39, 0.29) is 17.9 Å². The lowest BCUT2D eigenvalue weighted by Gasteiger charge is -2.25. The summed E-state index contributed by atoms with van der Waals surface area (Å²) in [5.41, 5.74) is 3.83. The first-order valence-corrected chi connectivity index (χ1v) is 8.74. The first kappa shape index (κ1) is 16.4. The molecule has 1 aliphatic rings. The van der Waals surface area contributed by atoms with Crippen molar-refractivity contribution in [1.82, 2.24) is 14.8 Å². The summed E-state index contributed by atoms with van der Waals surface area (Å²) in [4.78, 5) is 31.8. The fourth-order valence-corrected chi connectivity index (χ4v) is 3.70. The number of nitrogens with one attached hydrogen (secondary N) is 1. The van der Waals surface area contributed by atoms with Crippen LogP contribution in [-0.2, 0) is 4.79 Å². The van der Waals surface area contributed by atoms with Crippen molar-refractivity contribution in [2.45, 2.75) is 12.5 Å². The molecule has 0 aliphatic carbocycles. The van der Waals surface area contributed by atoms with E-state index >= 15 is 0 Å². The van der Waals surface area contributed by atoms with Crippen LogP contribution in [0.1, 0.15) is 33.9 Å². The SMILES string of the molecule is CN(C)C(=O)CCN1C(=O)c2ccccc2[C@H]1c1c[nH]c2ccccc12. The van der Waals surface area contributed by atoms with Crippen LogP contribution in [0.4, 0.5) is 0 Å². The fraction of sp³-hybridized carbons (Fsp3) is 0.238. The largest absolute Gasteiger partial charge is 0.361 e. The molecule has 5 heteroatoms. The van der Waals surface area contributed by atoms with E-state index in [1.807, 2.05) is 53.6 Å². The number of aromatic amines is 1. The van der Waals surface area contributed by atoms with E-state index in [1.165, 1.54) is 0 Å². The Hall–Kier alpha value is -3.08. The van der Waals surface area contributed by atoms with Gasteiger partial charge in [-0.25, -0.2) is 0 Å². The molecule has 0 radical (unpaired) electrons. The third-order valence-corrected chi connectivity index (χ3v) is 5.04. The maximum Gasteiger partial charge on any atom is 0.255 e. The van der Waals surface area contributed by atoms with Crippen LogP contribution in [0.5, 0.6) is 0 Å². The highest BCUT2D eigenvalue weighted by atomic mass is 16.2. The van der Waals surface area contributed by atoms with Gasteiger partial charge in [0.1, 0.15) is 0 Å². The van der Waals surface area contributed by atoms with Crippen molar-refractivity contribution in [3.8, 4) is 0 Å². The van der Waals surface area contributed by atoms with Crippen molar-refractivity contribution >= 4 is 22.7 Å². The minimum atomic E-state index is -0.176. The summed E-state index contributed by atoms with van der Waals surface area (Å²) in [6.07, 6.45) is 2.29. The Balaban J connectivity index is 1.77. The highest BCUT2D eigenvalue weighted by Crippen LogP contribution is 2.41. The number of rotatable bonds is 4. The Morgan fingerprint density at radius 3 is 2.62 bits per heavy atom. The summed E-state index contributed by atoms with van der Waals surface area (Å²) in [5.74, 6) is 0.00821. The molecule has 2 heterocycles. The second-order valence-electron chi connectivity index (χ2n) is 6.82. The van der Waals surface area contributed by atoms with Gasteiger partial charge >= 0.3 is 0 Å². The molecule has 0 fully saturated rings. The van der Waals surface area contributed by atoms with E-state index in [9.17, 15) is 9.59 Å². The first-order chi connectivity index (χ1) is 12.6. The first-order valence-electron chi connectivity index (χ1n) is 8.74. The zero-order valence-electron chi connectivity index (χ0n) is 14.9. The summed E-state index contributed by atoms with van der Waals surface area (Å²) >= 11 is 0. The normalized spacial score (nSPS) is 16.2. The van der Waals surface area contributed by atoms with Crippen molar-refractivity contribution in [1.29, 1.82) is 0 Å². The molecule has 0 saturated heterocycles. The van der Waals surface area contributed by atoms with E-state index in [2.05, 4.69) is 11.1 Å². The number of H-pyrrole nitrogens is 1. The fourth-order valence-electron chi connectivity index (χ4n) is 3.70. The molecule has 0 spiro atoms. The second kappa shape index (κ2) is 6.33. The van der Waals surface area contributed by atoms with Gasteiger partial charge in [0.15, 0.2) is 0 Å². The zero-order chi connectivity index (χ0) is 18.3. The molecule has 132 valence electrons. The summed E-state index contributed by atoms with van der Waals surface area (Å²) in [6.45, 7) is 0.398. The van der Waals surface area contributed by atoms with Crippen molar-refractivity contribution in [3.63, 3.8) is 0 Å². The number of hydrogen-bond donors (Lipinski definition) is 1. The minimum absolute atomic E-state index is 0.0116. The van der Waals surface area contributed by atoms with E-state index in [0.29, 0.717) is 13.0 Å². The van der Waals surface area contributed by atoms with Crippen LogP contribution in [0, 0.1) is 0 Å². The average molecular weight is 347 g/mol. The number of aromatic nitrogens is 1. The Kier molecular flexibility index (Phi) is 3.99. The molecule has 0 bridgehead atoms. The highest BCUT2D eigenvalue weighted by Gasteiger charge is 2.38. The lowest BCUT2D eigenvalue weighted by Crippen LogP contribution is -2.33. The molecular weight excluding hydrogens is 326 g/mol. The topological polar surface area (TPSA) is 56.4 Å². The molecule has 5 nitrogen and oxygen atoms in total. The summed E-state index contributed by atoms with van der Waals surface area (Å²) in [6, 6.07) is 15.6. The number of benzene rings is 2. The van der Waals surface area contributed by atoms with Crippen LogP contribution >= 0.6 is 0 Å². The molecule has 1 aromatic heterocycles. The van der Waals surface area contributed by atoms with Crippen molar-refractivity contribution in [2.24, 2.45) is 0 Å². The summed E-state index contributed by atoms with van der Waals surface area (Å²) < 4.78 is 0. The number of para-hydroxylation sites is 1. The van der Waals surface area contributed by atoms with Gasteiger partial charge in [0.25, 0.3) is 5.91 Å². The van der Waals surface area contributed by atoms with Crippen LogP contribution in [0.3, 0.4) is 0 Å². The second-order valence-corrected chi connectivity index (χ2v) is 6.82. The van der Waals surface area contributed by atoms with Crippen LogP contribution in [-0.4, -0.2) is 47.2 Å².